The molecule has 128 valence electrons. The highest BCUT2D eigenvalue weighted by molar-refractivity contribution is 5.78. The van der Waals surface area contributed by atoms with Crippen LogP contribution in [0.4, 0.5) is 0 Å². The van der Waals surface area contributed by atoms with Gasteiger partial charge in [-0.2, -0.15) is 0 Å². The number of furan rings is 1. The van der Waals surface area contributed by atoms with Crippen molar-refractivity contribution in [3.63, 3.8) is 0 Å². The van der Waals surface area contributed by atoms with E-state index in [-0.39, 0.29) is 24.6 Å². The van der Waals surface area contributed by atoms with Gasteiger partial charge >= 0.3 is 5.97 Å². The van der Waals surface area contributed by atoms with Crippen LogP contribution in [-0.2, 0) is 20.9 Å². The Morgan fingerprint density at radius 3 is 2.72 bits per heavy atom. The Morgan fingerprint density at radius 2 is 1.88 bits per heavy atom. The summed E-state index contributed by atoms with van der Waals surface area (Å²) in [6.45, 7) is 0.818. The predicted octanol–water partition coefficient (Wildman–Crippen LogP) is 4.64. The first-order chi connectivity index (χ1) is 12.3. The Kier molecular flexibility index (Phi) is 4.53. The summed E-state index contributed by atoms with van der Waals surface area (Å²) in [5.74, 6) is 0.150. The van der Waals surface area contributed by atoms with Crippen LogP contribution in [-0.4, -0.2) is 12.6 Å². The predicted molar refractivity (Wildman–Crippen MR) is 93.9 cm³/mol. The van der Waals surface area contributed by atoms with Gasteiger partial charge in [-0.3, -0.25) is 4.79 Å². The molecule has 1 saturated heterocycles. The molecule has 0 saturated carbocycles. The zero-order chi connectivity index (χ0) is 17.1. The van der Waals surface area contributed by atoms with E-state index >= 15 is 0 Å². The number of para-hydroxylation sites is 1. The summed E-state index contributed by atoms with van der Waals surface area (Å²) in [5, 5.41) is 1.01. The fourth-order valence-corrected chi connectivity index (χ4v) is 3.35. The quantitative estimate of drug-likeness (QED) is 0.651. The highest BCUT2D eigenvalue weighted by Crippen LogP contribution is 2.34. The third kappa shape index (κ3) is 3.44. The summed E-state index contributed by atoms with van der Waals surface area (Å²) in [6, 6.07) is 19.5. The van der Waals surface area contributed by atoms with Crippen LogP contribution < -0.4 is 0 Å². The fourth-order valence-electron chi connectivity index (χ4n) is 3.35. The van der Waals surface area contributed by atoms with Crippen molar-refractivity contribution in [2.45, 2.75) is 25.6 Å². The number of rotatable bonds is 4. The molecule has 4 heteroatoms. The maximum absolute atomic E-state index is 12.6. The summed E-state index contributed by atoms with van der Waals surface area (Å²) in [5.41, 5.74) is 1.82. The lowest BCUT2D eigenvalue weighted by atomic mass is 9.89. The van der Waals surface area contributed by atoms with Crippen LogP contribution in [0.25, 0.3) is 11.0 Å². The second kappa shape index (κ2) is 7.11. The van der Waals surface area contributed by atoms with Gasteiger partial charge in [0.15, 0.2) is 0 Å². The summed E-state index contributed by atoms with van der Waals surface area (Å²) < 4.78 is 17.1. The van der Waals surface area contributed by atoms with E-state index in [0.717, 1.165) is 29.4 Å². The van der Waals surface area contributed by atoms with Crippen LogP contribution in [0.15, 0.2) is 65.1 Å². The van der Waals surface area contributed by atoms with Crippen molar-refractivity contribution >= 4 is 16.9 Å². The molecule has 0 radical (unpaired) electrons. The number of benzene rings is 2. The fraction of sp³-hybridized carbons (Fsp3) is 0.286. The Labute approximate surface area is 146 Å². The maximum Gasteiger partial charge on any atom is 0.312 e. The minimum Gasteiger partial charge on any atom is -0.457 e. The standard InChI is InChI=1S/C21H20O4/c22-21(24-14-17-13-16-9-4-5-11-19(16)25-17)18-10-6-12-23-20(18)15-7-2-1-3-8-15/h1-5,7-9,11,13,18,20H,6,10,12,14H2. The molecule has 2 heterocycles. The molecule has 2 unspecified atom stereocenters. The first-order valence-electron chi connectivity index (χ1n) is 8.62. The van der Waals surface area contributed by atoms with Crippen LogP contribution in [0.3, 0.4) is 0 Å². The van der Waals surface area contributed by atoms with Crippen LogP contribution >= 0.6 is 0 Å². The van der Waals surface area contributed by atoms with E-state index < -0.39 is 0 Å². The van der Waals surface area contributed by atoms with E-state index in [1.807, 2.05) is 60.7 Å². The monoisotopic (exact) mass is 336 g/mol. The number of carbonyl (C=O) groups excluding carboxylic acids is 1. The first-order valence-corrected chi connectivity index (χ1v) is 8.62. The molecule has 4 rings (SSSR count). The largest absolute Gasteiger partial charge is 0.457 e. The number of esters is 1. The molecule has 0 bridgehead atoms. The van der Waals surface area contributed by atoms with E-state index in [1.54, 1.807) is 0 Å². The van der Waals surface area contributed by atoms with Gasteiger partial charge in [0.05, 0.1) is 12.0 Å². The molecule has 1 fully saturated rings. The second-order valence-electron chi connectivity index (χ2n) is 6.31. The van der Waals surface area contributed by atoms with Crippen LogP contribution in [0.2, 0.25) is 0 Å². The Bertz CT molecular complexity index is 819. The lowest BCUT2D eigenvalue weighted by Crippen LogP contribution is -2.30. The third-order valence-corrected chi connectivity index (χ3v) is 4.59. The van der Waals surface area contributed by atoms with Gasteiger partial charge in [-0.25, -0.2) is 0 Å². The molecule has 1 aliphatic heterocycles. The third-order valence-electron chi connectivity index (χ3n) is 4.59. The van der Waals surface area contributed by atoms with E-state index in [1.165, 1.54) is 0 Å². The normalized spacial score (nSPS) is 20.5. The number of hydrogen-bond donors (Lipinski definition) is 0. The van der Waals surface area contributed by atoms with Crippen LogP contribution in [0.5, 0.6) is 0 Å². The van der Waals surface area contributed by atoms with Crippen LogP contribution in [0.1, 0.15) is 30.3 Å². The van der Waals surface area contributed by atoms with Crippen molar-refractivity contribution in [2.24, 2.45) is 5.92 Å². The smallest absolute Gasteiger partial charge is 0.312 e. The Morgan fingerprint density at radius 1 is 1.08 bits per heavy atom. The topological polar surface area (TPSA) is 48.7 Å². The maximum atomic E-state index is 12.6. The molecule has 2 aromatic carbocycles. The minimum atomic E-state index is -0.277. The summed E-state index contributed by atoms with van der Waals surface area (Å²) in [6.07, 6.45) is 1.41. The molecule has 2 atom stereocenters. The lowest BCUT2D eigenvalue weighted by molar-refractivity contribution is -0.160. The highest BCUT2D eigenvalue weighted by Gasteiger charge is 2.34. The second-order valence-corrected chi connectivity index (χ2v) is 6.31. The van der Waals surface area contributed by atoms with Gasteiger partial charge in [-0.05, 0) is 30.5 Å². The van der Waals surface area contributed by atoms with Crippen molar-refractivity contribution in [3.05, 3.63) is 72.0 Å². The van der Waals surface area contributed by atoms with E-state index in [2.05, 4.69) is 0 Å². The average Bonchev–Trinajstić information content (AvgIpc) is 3.10. The molecule has 1 aliphatic rings. The van der Waals surface area contributed by atoms with Gasteiger partial charge < -0.3 is 13.9 Å². The van der Waals surface area contributed by atoms with Crippen molar-refractivity contribution in [1.29, 1.82) is 0 Å². The van der Waals surface area contributed by atoms with Gasteiger partial charge in [0, 0.05) is 12.0 Å². The molecule has 0 N–H and O–H groups in total. The number of fused-ring (bicyclic) bond motifs is 1. The molecule has 3 aromatic rings. The summed E-state index contributed by atoms with van der Waals surface area (Å²) in [7, 11) is 0. The van der Waals surface area contributed by atoms with Gasteiger partial charge in [-0.15, -0.1) is 0 Å². The van der Waals surface area contributed by atoms with Gasteiger partial charge in [-0.1, -0.05) is 48.5 Å². The van der Waals surface area contributed by atoms with Gasteiger partial charge in [0.2, 0.25) is 0 Å². The molecule has 0 aliphatic carbocycles. The number of carbonyl (C=O) groups is 1. The molecule has 25 heavy (non-hydrogen) atoms. The van der Waals surface area contributed by atoms with E-state index in [4.69, 9.17) is 13.9 Å². The zero-order valence-electron chi connectivity index (χ0n) is 13.9. The Hall–Kier alpha value is -2.59. The molecule has 0 spiro atoms. The first kappa shape index (κ1) is 15.9. The number of ether oxygens (including phenoxy) is 2. The zero-order valence-corrected chi connectivity index (χ0v) is 13.9. The molecule has 1 aromatic heterocycles. The SMILES string of the molecule is O=C(OCc1cc2ccccc2o1)C1CCCOC1c1ccccc1. The minimum absolute atomic E-state index is 0.144. The summed E-state index contributed by atoms with van der Waals surface area (Å²) in [4.78, 5) is 12.6. The van der Waals surface area contributed by atoms with Crippen molar-refractivity contribution in [3.8, 4) is 0 Å². The van der Waals surface area contributed by atoms with E-state index in [9.17, 15) is 4.79 Å². The average molecular weight is 336 g/mol. The van der Waals surface area contributed by atoms with E-state index in [0.29, 0.717) is 12.4 Å². The van der Waals surface area contributed by atoms with Crippen LogP contribution in [0, 0.1) is 5.92 Å². The van der Waals surface area contributed by atoms with Gasteiger partial charge in [0.25, 0.3) is 0 Å². The lowest BCUT2D eigenvalue weighted by Gasteiger charge is -2.30. The van der Waals surface area contributed by atoms with Gasteiger partial charge in [0.1, 0.15) is 18.0 Å². The molecule has 4 nitrogen and oxygen atoms in total. The number of hydrogen-bond acceptors (Lipinski definition) is 4. The molecule has 0 amide bonds. The summed E-state index contributed by atoms with van der Waals surface area (Å²) >= 11 is 0. The van der Waals surface area contributed by atoms with Crippen molar-refractivity contribution in [1.82, 2.24) is 0 Å². The molecular weight excluding hydrogens is 316 g/mol. The molecular formula is C21H20O4. The van der Waals surface area contributed by atoms with Crippen molar-refractivity contribution in [2.75, 3.05) is 6.61 Å². The van der Waals surface area contributed by atoms with Crippen molar-refractivity contribution < 1.29 is 18.7 Å². The Balaban J connectivity index is 1.45. The highest BCUT2D eigenvalue weighted by atomic mass is 16.5.